The molecule has 1 aliphatic heterocycles. The Bertz CT molecular complexity index is 1660. The van der Waals surface area contributed by atoms with Gasteiger partial charge in [-0.05, 0) is 38.0 Å². The number of benzene rings is 1. The summed E-state index contributed by atoms with van der Waals surface area (Å²) >= 11 is 0. The van der Waals surface area contributed by atoms with Gasteiger partial charge in [0.2, 0.25) is 5.88 Å². The summed E-state index contributed by atoms with van der Waals surface area (Å²) in [6.45, 7) is 2.01. The molecule has 190 valence electrons. The number of aromatic nitrogens is 6. The molecular formula is C23H20F2N8O3S. The quantitative estimate of drug-likeness (QED) is 0.389. The van der Waals surface area contributed by atoms with Gasteiger partial charge in [0.05, 0.1) is 24.7 Å². The average Bonchev–Trinajstić information content (AvgIpc) is 3.51. The molecule has 1 aromatic carbocycles. The van der Waals surface area contributed by atoms with E-state index >= 15 is 4.39 Å². The standard InChI is InChI=1S/C23H20F2N8O3S/c1-12-29-22(31-30-12)21-17-6-3-14(10-33(17)11-28-21)19-15(24)4-5-16(20(19)25)32-37(34,35)18-7-13(8-26)9-27-23(18)36-2/h4-5,7,9,11,14,32H,3,6,10H2,1-2H3,(H,29,30,31)/t14-/m0/s1. The summed E-state index contributed by atoms with van der Waals surface area (Å²) in [6.07, 6.45) is 3.60. The van der Waals surface area contributed by atoms with Gasteiger partial charge >= 0.3 is 0 Å². The number of aromatic amines is 1. The first kappa shape index (κ1) is 24.3. The lowest BCUT2D eigenvalue weighted by molar-refractivity contribution is 0.385. The number of halogens is 2. The van der Waals surface area contributed by atoms with Crippen molar-refractivity contribution in [2.45, 2.75) is 37.1 Å². The van der Waals surface area contributed by atoms with Crippen molar-refractivity contribution in [3.63, 3.8) is 0 Å². The number of hydrogen-bond donors (Lipinski definition) is 2. The van der Waals surface area contributed by atoms with Crippen LogP contribution in [-0.4, -0.2) is 45.2 Å². The lowest BCUT2D eigenvalue weighted by Gasteiger charge is -2.26. The fourth-order valence-corrected chi connectivity index (χ4v) is 5.62. The van der Waals surface area contributed by atoms with Crippen molar-refractivity contribution >= 4 is 15.7 Å². The number of ether oxygens (including phenoxy) is 1. The first-order chi connectivity index (χ1) is 17.7. The molecule has 11 nitrogen and oxygen atoms in total. The molecule has 0 aliphatic carbocycles. The van der Waals surface area contributed by atoms with Gasteiger partial charge in [-0.1, -0.05) is 0 Å². The highest BCUT2D eigenvalue weighted by atomic mass is 32.2. The molecule has 0 amide bonds. The second-order valence-corrected chi connectivity index (χ2v) is 10.1. The zero-order valence-electron chi connectivity index (χ0n) is 19.7. The van der Waals surface area contributed by atoms with Crippen LogP contribution in [0.25, 0.3) is 11.5 Å². The summed E-state index contributed by atoms with van der Waals surface area (Å²) in [5, 5.41) is 17.1. The van der Waals surface area contributed by atoms with Gasteiger partial charge in [0.1, 0.15) is 23.4 Å². The van der Waals surface area contributed by atoms with Gasteiger partial charge in [0.25, 0.3) is 10.0 Å². The average molecular weight is 527 g/mol. The molecule has 0 radical (unpaired) electrons. The van der Waals surface area contributed by atoms with Gasteiger partial charge in [-0.3, -0.25) is 4.72 Å². The normalized spacial score (nSPS) is 15.2. The number of rotatable bonds is 6. The Hall–Kier alpha value is -4.38. The first-order valence-electron chi connectivity index (χ1n) is 11.1. The van der Waals surface area contributed by atoms with E-state index in [1.807, 2.05) is 0 Å². The van der Waals surface area contributed by atoms with Crippen LogP contribution in [0.2, 0.25) is 0 Å². The number of H-pyrrole nitrogens is 1. The third-order valence-electron chi connectivity index (χ3n) is 6.13. The van der Waals surface area contributed by atoms with Crippen molar-refractivity contribution in [3.05, 3.63) is 65.0 Å². The third-order valence-corrected chi connectivity index (χ3v) is 7.49. The van der Waals surface area contributed by atoms with Gasteiger partial charge in [-0.15, -0.1) is 10.2 Å². The molecule has 0 spiro atoms. The molecule has 37 heavy (non-hydrogen) atoms. The Kier molecular flexibility index (Phi) is 6.08. The van der Waals surface area contributed by atoms with Crippen LogP contribution >= 0.6 is 0 Å². The second kappa shape index (κ2) is 9.25. The number of hydrogen-bond acceptors (Lipinski definition) is 8. The number of anilines is 1. The number of methoxy groups -OCH3 is 1. The smallest absolute Gasteiger partial charge is 0.267 e. The fraction of sp³-hybridized carbons (Fsp3) is 0.261. The molecule has 2 N–H and O–H groups in total. The fourth-order valence-electron chi connectivity index (χ4n) is 4.41. The molecule has 0 fully saturated rings. The topological polar surface area (TPSA) is 151 Å². The number of sulfonamides is 1. The summed E-state index contributed by atoms with van der Waals surface area (Å²) in [6, 6.07) is 4.88. The highest BCUT2D eigenvalue weighted by Crippen LogP contribution is 2.37. The molecule has 0 bridgehead atoms. The Labute approximate surface area is 210 Å². The summed E-state index contributed by atoms with van der Waals surface area (Å²) in [4.78, 5) is 10.8. The Morgan fingerprint density at radius 3 is 2.78 bits per heavy atom. The van der Waals surface area contributed by atoms with E-state index in [9.17, 15) is 12.8 Å². The van der Waals surface area contributed by atoms with E-state index in [0.29, 0.717) is 30.2 Å². The van der Waals surface area contributed by atoms with E-state index in [4.69, 9.17) is 10.00 Å². The summed E-state index contributed by atoms with van der Waals surface area (Å²) < 4.78 is 65.6. The Balaban J connectivity index is 1.46. The van der Waals surface area contributed by atoms with E-state index in [1.165, 1.54) is 7.11 Å². The van der Waals surface area contributed by atoms with Crippen LogP contribution in [0.5, 0.6) is 5.88 Å². The van der Waals surface area contributed by atoms with Crippen molar-refractivity contribution in [2.75, 3.05) is 11.8 Å². The van der Waals surface area contributed by atoms with E-state index in [-0.39, 0.29) is 23.6 Å². The van der Waals surface area contributed by atoms with Crippen LogP contribution in [0.4, 0.5) is 14.5 Å². The molecule has 0 unspecified atom stereocenters. The molecule has 1 atom stereocenters. The van der Waals surface area contributed by atoms with Crippen molar-refractivity contribution in [2.24, 2.45) is 0 Å². The minimum Gasteiger partial charge on any atom is -0.480 e. The minimum absolute atomic E-state index is 0.0281. The van der Waals surface area contributed by atoms with Crippen LogP contribution in [0, 0.1) is 29.9 Å². The second-order valence-electron chi connectivity index (χ2n) is 8.46. The summed E-state index contributed by atoms with van der Waals surface area (Å²) in [5.74, 6) is -1.50. The van der Waals surface area contributed by atoms with Crippen LogP contribution in [0.15, 0.2) is 35.6 Å². The summed E-state index contributed by atoms with van der Waals surface area (Å²) in [7, 11) is -3.21. The van der Waals surface area contributed by atoms with Crippen LogP contribution in [-0.2, 0) is 23.0 Å². The molecule has 0 saturated heterocycles. The molecule has 0 saturated carbocycles. The van der Waals surface area contributed by atoms with Gasteiger partial charge in [-0.25, -0.2) is 27.2 Å². The number of nitriles is 1. The molecular weight excluding hydrogens is 506 g/mol. The van der Waals surface area contributed by atoms with Crippen LogP contribution in [0.3, 0.4) is 0 Å². The van der Waals surface area contributed by atoms with Crippen molar-refractivity contribution in [3.8, 4) is 23.5 Å². The molecule has 4 heterocycles. The number of aryl methyl sites for hydroxylation is 1. The molecule has 4 aromatic rings. The molecule has 14 heteroatoms. The third kappa shape index (κ3) is 4.38. The largest absolute Gasteiger partial charge is 0.480 e. The Morgan fingerprint density at radius 2 is 2.08 bits per heavy atom. The van der Waals surface area contributed by atoms with Crippen molar-refractivity contribution in [1.82, 2.24) is 29.7 Å². The molecule has 3 aromatic heterocycles. The van der Waals surface area contributed by atoms with Crippen molar-refractivity contribution < 1.29 is 21.9 Å². The number of fused-ring (bicyclic) bond motifs is 1. The number of nitrogens with one attached hydrogen (secondary N) is 2. The minimum atomic E-state index is -4.43. The van der Waals surface area contributed by atoms with Gasteiger partial charge in [0, 0.05) is 29.9 Å². The van der Waals surface area contributed by atoms with Crippen LogP contribution < -0.4 is 9.46 Å². The van der Waals surface area contributed by atoms with Crippen molar-refractivity contribution in [1.29, 1.82) is 5.26 Å². The predicted octanol–water partition coefficient (Wildman–Crippen LogP) is 3.06. The highest BCUT2D eigenvalue weighted by Gasteiger charge is 2.31. The SMILES string of the molecule is COc1ncc(C#N)cc1S(=O)(=O)Nc1ccc(F)c([C@H]2CCc3c(-c4nnc(C)[nH]4)ncn3C2)c1F. The van der Waals surface area contributed by atoms with E-state index in [1.54, 1.807) is 23.9 Å². The maximum atomic E-state index is 15.6. The molecule has 5 rings (SSSR count). The highest BCUT2D eigenvalue weighted by molar-refractivity contribution is 7.92. The number of nitrogens with zero attached hydrogens (tertiary/aromatic N) is 6. The monoisotopic (exact) mass is 526 g/mol. The maximum absolute atomic E-state index is 15.6. The number of pyridine rings is 1. The Morgan fingerprint density at radius 1 is 1.27 bits per heavy atom. The van der Waals surface area contributed by atoms with Gasteiger partial charge in [0.15, 0.2) is 16.5 Å². The van der Waals surface area contributed by atoms with Gasteiger partial charge in [-0.2, -0.15) is 5.26 Å². The lowest BCUT2D eigenvalue weighted by Crippen LogP contribution is -2.22. The molecule has 1 aliphatic rings. The lowest BCUT2D eigenvalue weighted by atomic mass is 9.89. The number of imidazole rings is 1. The van der Waals surface area contributed by atoms with Gasteiger partial charge < -0.3 is 14.3 Å². The predicted molar refractivity (Wildman–Crippen MR) is 126 cm³/mol. The van der Waals surface area contributed by atoms with E-state index in [0.717, 1.165) is 30.1 Å². The first-order valence-corrected chi connectivity index (χ1v) is 12.6. The van der Waals surface area contributed by atoms with Crippen LogP contribution in [0.1, 0.15) is 35.0 Å². The maximum Gasteiger partial charge on any atom is 0.267 e. The zero-order chi connectivity index (χ0) is 26.3. The summed E-state index contributed by atoms with van der Waals surface area (Å²) in [5.41, 5.74) is 0.799. The van der Waals surface area contributed by atoms with E-state index in [2.05, 4.69) is 29.9 Å². The zero-order valence-corrected chi connectivity index (χ0v) is 20.5. The van der Waals surface area contributed by atoms with E-state index < -0.39 is 38.2 Å².